The number of hydrogen-bond acceptors (Lipinski definition) is 2. The molecule has 2 aromatic rings. The predicted molar refractivity (Wildman–Crippen MR) is 54.7 cm³/mol. The lowest BCUT2D eigenvalue weighted by Gasteiger charge is -2.04. The minimum Gasteiger partial charge on any atom is -0.478 e. The molecule has 1 N–H and O–H groups in total. The van der Waals surface area contributed by atoms with Gasteiger partial charge in [-0.3, -0.25) is 0 Å². The third-order valence-corrected chi connectivity index (χ3v) is 2.21. The topological polar surface area (TPSA) is 55.1 Å². The highest BCUT2D eigenvalue weighted by Crippen LogP contribution is 2.12. The van der Waals surface area contributed by atoms with Gasteiger partial charge in [-0.05, 0) is 12.1 Å². The Kier molecular flexibility index (Phi) is 2.68. The van der Waals surface area contributed by atoms with Crippen LogP contribution in [-0.4, -0.2) is 20.6 Å². The zero-order valence-corrected chi connectivity index (χ0v) is 8.30. The van der Waals surface area contributed by atoms with Crippen LogP contribution in [0.1, 0.15) is 15.9 Å². The lowest BCUT2D eigenvalue weighted by molar-refractivity contribution is 0.0696. The summed E-state index contributed by atoms with van der Waals surface area (Å²) in [6.07, 6.45) is 4.89. The summed E-state index contributed by atoms with van der Waals surface area (Å²) in [5.41, 5.74) is 0.384. The van der Waals surface area contributed by atoms with E-state index in [1.54, 1.807) is 23.3 Å². The van der Waals surface area contributed by atoms with Gasteiger partial charge in [0.2, 0.25) is 0 Å². The summed E-state index contributed by atoms with van der Waals surface area (Å²) < 4.78 is 15.2. The van der Waals surface area contributed by atoms with Gasteiger partial charge in [-0.25, -0.2) is 14.2 Å². The van der Waals surface area contributed by atoms with Crippen LogP contribution < -0.4 is 0 Å². The molecule has 2 rings (SSSR count). The molecule has 0 spiro atoms. The van der Waals surface area contributed by atoms with Gasteiger partial charge < -0.3 is 9.67 Å². The molecule has 0 aliphatic rings. The van der Waals surface area contributed by atoms with E-state index in [9.17, 15) is 9.18 Å². The summed E-state index contributed by atoms with van der Waals surface area (Å²) in [6.45, 7) is 0.339. The van der Waals surface area contributed by atoms with Crippen molar-refractivity contribution < 1.29 is 14.3 Å². The number of benzene rings is 1. The van der Waals surface area contributed by atoms with Crippen molar-refractivity contribution in [3.05, 3.63) is 53.9 Å². The van der Waals surface area contributed by atoms with E-state index in [0.29, 0.717) is 12.1 Å². The first-order valence-corrected chi connectivity index (χ1v) is 4.64. The maximum atomic E-state index is 13.5. The molecule has 0 saturated carbocycles. The first-order valence-electron chi connectivity index (χ1n) is 4.64. The van der Waals surface area contributed by atoms with E-state index < -0.39 is 11.8 Å². The van der Waals surface area contributed by atoms with Crippen molar-refractivity contribution in [3.8, 4) is 0 Å². The van der Waals surface area contributed by atoms with Crippen LogP contribution >= 0.6 is 0 Å². The molecule has 1 aromatic heterocycles. The molecule has 0 aliphatic heterocycles. The lowest BCUT2D eigenvalue weighted by atomic mass is 10.1. The molecule has 0 bridgehead atoms. The van der Waals surface area contributed by atoms with E-state index in [1.165, 1.54) is 12.1 Å². The van der Waals surface area contributed by atoms with Crippen LogP contribution in [0, 0.1) is 5.82 Å². The first kappa shape index (κ1) is 10.4. The molecule has 0 aliphatic carbocycles. The number of aromatic carboxylic acids is 1. The molecule has 0 unspecified atom stereocenters. The number of carboxylic acid groups (broad SMARTS) is 1. The average molecular weight is 220 g/mol. The first-order chi connectivity index (χ1) is 7.66. The van der Waals surface area contributed by atoms with Gasteiger partial charge in [0.05, 0.1) is 18.4 Å². The highest BCUT2D eigenvalue weighted by atomic mass is 19.1. The minimum atomic E-state index is -1.13. The van der Waals surface area contributed by atoms with Crippen molar-refractivity contribution in [1.29, 1.82) is 0 Å². The van der Waals surface area contributed by atoms with E-state index in [1.807, 2.05) is 0 Å². The summed E-state index contributed by atoms with van der Waals surface area (Å²) in [5.74, 6) is -1.65. The Balaban J connectivity index is 2.26. The Morgan fingerprint density at radius 2 is 2.31 bits per heavy atom. The number of carbonyl (C=O) groups is 1. The predicted octanol–water partition coefficient (Wildman–Crippen LogP) is 1.77. The molecule has 5 heteroatoms. The number of aromatic nitrogens is 2. The van der Waals surface area contributed by atoms with Gasteiger partial charge in [0, 0.05) is 18.0 Å². The summed E-state index contributed by atoms with van der Waals surface area (Å²) in [6, 6.07) is 3.88. The molecule has 1 aromatic carbocycles. The van der Waals surface area contributed by atoms with Crippen LogP contribution in [0.25, 0.3) is 0 Å². The van der Waals surface area contributed by atoms with E-state index in [0.717, 1.165) is 6.07 Å². The maximum Gasteiger partial charge on any atom is 0.335 e. The molecule has 0 amide bonds. The molecule has 0 fully saturated rings. The molecule has 82 valence electrons. The average Bonchev–Trinajstić information content (AvgIpc) is 2.73. The van der Waals surface area contributed by atoms with E-state index in [4.69, 9.17) is 5.11 Å². The van der Waals surface area contributed by atoms with Crippen LogP contribution in [0.5, 0.6) is 0 Å². The Morgan fingerprint density at radius 1 is 1.50 bits per heavy atom. The van der Waals surface area contributed by atoms with Gasteiger partial charge in [0.15, 0.2) is 0 Å². The lowest BCUT2D eigenvalue weighted by Crippen LogP contribution is -2.02. The number of carboxylic acids is 1. The fourth-order valence-electron chi connectivity index (χ4n) is 1.39. The van der Waals surface area contributed by atoms with Crippen molar-refractivity contribution in [2.45, 2.75) is 6.54 Å². The summed E-state index contributed by atoms with van der Waals surface area (Å²) >= 11 is 0. The monoisotopic (exact) mass is 220 g/mol. The third kappa shape index (κ3) is 2.08. The molecule has 16 heavy (non-hydrogen) atoms. The maximum absolute atomic E-state index is 13.5. The number of rotatable bonds is 3. The minimum absolute atomic E-state index is 0.0492. The smallest absolute Gasteiger partial charge is 0.335 e. The summed E-state index contributed by atoms with van der Waals surface area (Å²) in [7, 11) is 0. The largest absolute Gasteiger partial charge is 0.478 e. The van der Waals surface area contributed by atoms with Crippen molar-refractivity contribution in [1.82, 2.24) is 9.55 Å². The van der Waals surface area contributed by atoms with Gasteiger partial charge in [0.1, 0.15) is 5.82 Å². The van der Waals surface area contributed by atoms with Gasteiger partial charge in [-0.2, -0.15) is 0 Å². The van der Waals surface area contributed by atoms with Gasteiger partial charge in [-0.1, -0.05) is 6.07 Å². The zero-order chi connectivity index (χ0) is 11.5. The fraction of sp³-hybridized carbons (Fsp3) is 0.0909. The van der Waals surface area contributed by atoms with Crippen molar-refractivity contribution in [2.24, 2.45) is 0 Å². The van der Waals surface area contributed by atoms with Crippen LogP contribution in [0.4, 0.5) is 4.39 Å². The fourth-order valence-corrected chi connectivity index (χ4v) is 1.39. The molecular weight excluding hydrogens is 211 g/mol. The Morgan fingerprint density at radius 3 is 2.88 bits per heavy atom. The highest BCUT2D eigenvalue weighted by molar-refractivity contribution is 5.87. The molecular formula is C11H9FN2O2. The van der Waals surface area contributed by atoms with Crippen LogP contribution in [0.3, 0.4) is 0 Å². The van der Waals surface area contributed by atoms with Crippen LogP contribution in [0.15, 0.2) is 36.9 Å². The normalized spacial score (nSPS) is 10.3. The second kappa shape index (κ2) is 4.14. The SMILES string of the molecule is O=C(O)c1ccc(Cn2ccnc2)c(F)c1. The number of halogens is 1. The number of imidazole rings is 1. The number of hydrogen-bond donors (Lipinski definition) is 1. The third-order valence-electron chi connectivity index (χ3n) is 2.21. The van der Waals surface area contributed by atoms with Gasteiger partial charge in [0.25, 0.3) is 0 Å². The second-order valence-electron chi connectivity index (χ2n) is 3.35. The molecule has 4 nitrogen and oxygen atoms in total. The second-order valence-corrected chi connectivity index (χ2v) is 3.35. The molecule has 0 saturated heterocycles. The van der Waals surface area contributed by atoms with Crippen molar-refractivity contribution in [2.75, 3.05) is 0 Å². The van der Waals surface area contributed by atoms with E-state index in [-0.39, 0.29) is 5.56 Å². The van der Waals surface area contributed by atoms with Gasteiger partial charge in [-0.15, -0.1) is 0 Å². The van der Waals surface area contributed by atoms with Gasteiger partial charge >= 0.3 is 5.97 Å². The summed E-state index contributed by atoms with van der Waals surface area (Å²) in [5, 5.41) is 8.67. The van der Waals surface area contributed by atoms with Crippen LogP contribution in [0.2, 0.25) is 0 Å². The molecule has 1 heterocycles. The zero-order valence-electron chi connectivity index (χ0n) is 8.30. The van der Waals surface area contributed by atoms with E-state index in [2.05, 4.69) is 4.98 Å². The Hall–Kier alpha value is -2.17. The Bertz CT molecular complexity index is 509. The van der Waals surface area contributed by atoms with Crippen LogP contribution in [-0.2, 0) is 6.54 Å². The van der Waals surface area contributed by atoms with Crippen molar-refractivity contribution >= 4 is 5.97 Å². The van der Waals surface area contributed by atoms with E-state index >= 15 is 0 Å². The Labute approximate surface area is 91.0 Å². The highest BCUT2D eigenvalue weighted by Gasteiger charge is 2.08. The van der Waals surface area contributed by atoms with Crippen molar-refractivity contribution in [3.63, 3.8) is 0 Å². The molecule has 0 atom stereocenters. The standard InChI is InChI=1S/C11H9FN2O2/c12-10-5-8(11(15)16)1-2-9(10)6-14-4-3-13-7-14/h1-5,7H,6H2,(H,15,16). The quantitative estimate of drug-likeness (QED) is 0.857. The number of nitrogens with zero attached hydrogens (tertiary/aromatic N) is 2. The molecule has 0 radical (unpaired) electrons. The summed E-state index contributed by atoms with van der Waals surface area (Å²) in [4.78, 5) is 14.4.